The zero-order chi connectivity index (χ0) is 26.9. The van der Waals surface area contributed by atoms with Gasteiger partial charge in [-0.3, -0.25) is 0 Å². The lowest BCUT2D eigenvalue weighted by Gasteiger charge is -2.12. The molecule has 0 bridgehead atoms. The molecule has 0 spiro atoms. The average molecular weight is 539 g/mol. The Morgan fingerprint density at radius 1 is 0.390 bits per heavy atom. The Balaban J connectivity index is 1.29. The van der Waals surface area contributed by atoms with Gasteiger partial charge in [0, 0.05) is 36.7 Å². The number of aromatic nitrogens is 2. The number of benzene rings is 7. The second kappa shape index (κ2) is 8.69. The monoisotopic (exact) mass is 538 g/mol. The molecule has 0 atom stereocenters. The van der Waals surface area contributed by atoms with Gasteiger partial charge in [0.15, 0.2) is 5.82 Å². The number of fused-ring (bicyclic) bond motifs is 4. The maximum Gasteiger partial charge on any atom is 0.160 e. The van der Waals surface area contributed by atoms with Crippen LogP contribution in [0.1, 0.15) is 0 Å². The number of hydrogen-bond acceptors (Lipinski definition) is 3. The summed E-state index contributed by atoms with van der Waals surface area (Å²) in [7, 11) is 0. The molecule has 190 valence electrons. The highest BCUT2D eigenvalue weighted by Crippen LogP contribution is 2.46. The normalized spacial score (nSPS) is 11.9. The molecule has 0 saturated carbocycles. The maximum atomic E-state index is 5.24. The van der Waals surface area contributed by atoms with E-state index < -0.39 is 0 Å². The number of thiophene rings is 1. The Labute approximate surface area is 240 Å². The molecule has 0 unspecified atom stereocenters. The minimum Gasteiger partial charge on any atom is -0.228 e. The van der Waals surface area contributed by atoms with E-state index in [9.17, 15) is 0 Å². The molecular formula is C38H22N2S. The van der Waals surface area contributed by atoms with Crippen molar-refractivity contribution in [3.8, 4) is 33.8 Å². The third-order valence-electron chi connectivity index (χ3n) is 8.23. The van der Waals surface area contributed by atoms with Crippen molar-refractivity contribution in [3.05, 3.63) is 133 Å². The van der Waals surface area contributed by atoms with E-state index in [4.69, 9.17) is 9.97 Å². The topological polar surface area (TPSA) is 25.8 Å². The smallest absolute Gasteiger partial charge is 0.160 e. The first-order valence-corrected chi connectivity index (χ1v) is 14.7. The van der Waals surface area contributed by atoms with E-state index in [-0.39, 0.29) is 0 Å². The van der Waals surface area contributed by atoms with Gasteiger partial charge in [0.05, 0.1) is 11.2 Å². The fourth-order valence-electron chi connectivity index (χ4n) is 6.34. The van der Waals surface area contributed by atoms with E-state index in [1.54, 1.807) is 0 Å². The Morgan fingerprint density at radius 2 is 1.02 bits per heavy atom. The predicted octanol–water partition coefficient (Wildman–Crippen LogP) is 10.7. The van der Waals surface area contributed by atoms with Gasteiger partial charge in [0.25, 0.3) is 0 Å². The maximum absolute atomic E-state index is 5.24. The minimum atomic E-state index is 0.754. The summed E-state index contributed by atoms with van der Waals surface area (Å²) in [4.78, 5) is 10.3. The Kier molecular flexibility index (Phi) is 4.80. The van der Waals surface area contributed by atoms with Gasteiger partial charge >= 0.3 is 0 Å². The summed E-state index contributed by atoms with van der Waals surface area (Å²) >= 11 is 1.86. The van der Waals surface area contributed by atoms with Crippen molar-refractivity contribution in [2.75, 3.05) is 0 Å². The molecule has 0 N–H and O–H groups in total. The lowest BCUT2D eigenvalue weighted by atomic mass is 9.93. The number of rotatable bonds is 3. The largest absolute Gasteiger partial charge is 0.228 e. The fraction of sp³-hybridized carbons (Fsp3) is 0. The third-order valence-corrected chi connectivity index (χ3v) is 9.33. The summed E-state index contributed by atoms with van der Waals surface area (Å²) in [5.41, 5.74) is 6.45. The summed E-state index contributed by atoms with van der Waals surface area (Å²) < 4.78 is 2.60. The van der Waals surface area contributed by atoms with Crippen molar-refractivity contribution in [1.82, 2.24) is 9.97 Å². The summed E-state index contributed by atoms with van der Waals surface area (Å²) in [5, 5.41) is 8.93. The number of nitrogens with zero attached hydrogens (tertiary/aromatic N) is 2. The number of hydrogen-bond donors (Lipinski definition) is 0. The van der Waals surface area contributed by atoms with Gasteiger partial charge in [-0.1, -0.05) is 109 Å². The molecule has 0 amide bonds. The fourth-order valence-corrected chi connectivity index (χ4v) is 7.54. The van der Waals surface area contributed by atoms with Crippen LogP contribution >= 0.6 is 11.3 Å². The highest BCUT2D eigenvalue weighted by molar-refractivity contribution is 7.26. The van der Waals surface area contributed by atoms with Gasteiger partial charge in [-0.2, -0.15) is 0 Å². The van der Waals surface area contributed by atoms with Crippen LogP contribution in [-0.4, -0.2) is 9.97 Å². The molecule has 0 saturated heterocycles. The number of para-hydroxylation sites is 1. The summed E-state index contributed by atoms with van der Waals surface area (Å²) in [6, 6.07) is 47.6. The highest BCUT2D eigenvalue weighted by Gasteiger charge is 2.18. The SMILES string of the molecule is c1ccc(-c2ccc(-c3nc(-c4cc5sc6cccc7c8ccccc8c(c4)c5c67)nc4ccccc34)cc2)cc1. The lowest BCUT2D eigenvalue weighted by molar-refractivity contribution is 1.23. The van der Waals surface area contributed by atoms with Crippen molar-refractivity contribution in [2.24, 2.45) is 0 Å². The Bertz CT molecular complexity index is 2400. The van der Waals surface area contributed by atoms with Gasteiger partial charge in [-0.05, 0) is 56.9 Å². The standard InChI is InChI=1S/C38H22N2S/c1-2-9-23(10-3-1)24-17-19-25(20-18-24)37-30-13-6-7-15-32(30)39-38(40-37)26-21-31-28-12-5-4-11-27(28)29-14-8-16-33-35(29)36(31)34(22-26)41-33/h1-22H. The zero-order valence-corrected chi connectivity index (χ0v) is 22.8. The van der Waals surface area contributed by atoms with Crippen molar-refractivity contribution in [1.29, 1.82) is 0 Å². The summed E-state index contributed by atoms with van der Waals surface area (Å²) in [6.07, 6.45) is 0. The molecule has 0 aliphatic heterocycles. The molecule has 0 aliphatic rings. The van der Waals surface area contributed by atoms with Crippen molar-refractivity contribution in [2.45, 2.75) is 0 Å². The molecule has 2 heterocycles. The van der Waals surface area contributed by atoms with Gasteiger partial charge in [-0.25, -0.2) is 9.97 Å². The second-order valence-corrected chi connectivity index (χ2v) is 11.7. The molecule has 7 aromatic carbocycles. The van der Waals surface area contributed by atoms with Crippen molar-refractivity contribution in [3.63, 3.8) is 0 Å². The van der Waals surface area contributed by atoms with Crippen LogP contribution in [0.25, 0.3) is 86.4 Å². The van der Waals surface area contributed by atoms with Crippen LogP contribution < -0.4 is 0 Å². The highest BCUT2D eigenvalue weighted by atomic mass is 32.1. The Morgan fingerprint density at radius 3 is 1.85 bits per heavy atom. The average Bonchev–Trinajstić information content (AvgIpc) is 3.43. The zero-order valence-electron chi connectivity index (χ0n) is 22.0. The van der Waals surface area contributed by atoms with Gasteiger partial charge in [0.2, 0.25) is 0 Å². The molecule has 0 radical (unpaired) electrons. The first kappa shape index (κ1) is 22.7. The van der Waals surface area contributed by atoms with Crippen LogP contribution in [0.4, 0.5) is 0 Å². The van der Waals surface area contributed by atoms with E-state index in [2.05, 4.69) is 127 Å². The van der Waals surface area contributed by atoms with Crippen LogP contribution in [0.3, 0.4) is 0 Å². The summed E-state index contributed by atoms with van der Waals surface area (Å²) in [5.74, 6) is 0.754. The molecule has 0 aliphatic carbocycles. The van der Waals surface area contributed by atoms with Gasteiger partial charge in [-0.15, -0.1) is 11.3 Å². The van der Waals surface area contributed by atoms with Gasteiger partial charge < -0.3 is 0 Å². The van der Waals surface area contributed by atoms with E-state index in [1.165, 1.54) is 52.8 Å². The molecule has 9 aromatic rings. The van der Waals surface area contributed by atoms with E-state index in [0.29, 0.717) is 0 Å². The van der Waals surface area contributed by atoms with Crippen LogP contribution in [0.15, 0.2) is 133 Å². The van der Waals surface area contributed by atoms with Gasteiger partial charge in [0.1, 0.15) is 0 Å². The van der Waals surface area contributed by atoms with E-state index in [0.717, 1.165) is 33.5 Å². The summed E-state index contributed by atoms with van der Waals surface area (Å²) in [6.45, 7) is 0. The predicted molar refractivity (Wildman–Crippen MR) is 175 cm³/mol. The quantitative estimate of drug-likeness (QED) is 0.209. The first-order chi connectivity index (χ1) is 20.3. The van der Waals surface area contributed by atoms with Crippen LogP contribution in [0.5, 0.6) is 0 Å². The van der Waals surface area contributed by atoms with Crippen LogP contribution in [0, 0.1) is 0 Å². The van der Waals surface area contributed by atoms with Crippen LogP contribution in [0.2, 0.25) is 0 Å². The molecular weight excluding hydrogens is 516 g/mol. The molecule has 2 nitrogen and oxygen atoms in total. The lowest BCUT2D eigenvalue weighted by Crippen LogP contribution is -1.95. The minimum absolute atomic E-state index is 0.754. The van der Waals surface area contributed by atoms with Crippen LogP contribution in [-0.2, 0) is 0 Å². The molecule has 9 rings (SSSR count). The Hall–Kier alpha value is -5.12. The third kappa shape index (κ3) is 3.43. The van der Waals surface area contributed by atoms with E-state index in [1.807, 2.05) is 17.4 Å². The van der Waals surface area contributed by atoms with Crippen molar-refractivity contribution < 1.29 is 0 Å². The second-order valence-electron chi connectivity index (χ2n) is 10.6. The van der Waals surface area contributed by atoms with E-state index >= 15 is 0 Å². The molecule has 41 heavy (non-hydrogen) atoms. The molecule has 0 fully saturated rings. The molecule has 3 heteroatoms. The first-order valence-electron chi connectivity index (χ1n) is 13.8. The molecule has 2 aromatic heterocycles. The van der Waals surface area contributed by atoms with Crippen molar-refractivity contribution >= 4 is 64.0 Å².